The summed E-state index contributed by atoms with van der Waals surface area (Å²) in [6.07, 6.45) is 0. The van der Waals surface area contributed by atoms with Crippen LogP contribution in [0.15, 0.2) is 30.3 Å². The molecule has 0 saturated carbocycles. The lowest BCUT2D eigenvalue weighted by Gasteiger charge is -2.13. The van der Waals surface area contributed by atoms with Crippen LogP contribution in [0, 0.1) is 0 Å². The van der Waals surface area contributed by atoms with Crippen LogP contribution in [0.1, 0.15) is 18.4 Å². The number of rotatable bonds is 5. The first-order chi connectivity index (χ1) is 9.19. The van der Waals surface area contributed by atoms with Gasteiger partial charge in [-0.1, -0.05) is 37.3 Å². The molecule has 0 fully saturated rings. The van der Waals surface area contributed by atoms with Crippen LogP contribution in [0.5, 0.6) is 6.01 Å². The number of aromatic nitrogens is 3. The largest absolute Gasteiger partial charge is 0.467 e. The van der Waals surface area contributed by atoms with E-state index in [1.807, 2.05) is 18.2 Å². The molecule has 19 heavy (non-hydrogen) atoms. The summed E-state index contributed by atoms with van der Waals surface area (Å²) < 4.78 is 4.94. The fraction of sp³-hybridized carbons (Fsp3) is 0.308. The smallest absolute Gasteiger partial charge is 0.322 e. The summed E-state index contributed by atoms with van der Waals surface area (Å²) in [5.41, 5.74) is 1.25. The van der Waals surface area contributed by atoms with E-state index in [0.717, 1.165) is 0 Å². The lowest BCUT2D eigenvalue weighted by Crippen LogP contribution is -2.12. The Balaban J connectivity index is 2.01. The molecule has 0 aliphatic heterocycles. The Morgan fingerprint density at radius 1 is 1.21 bits per heavy atom. The van der Waals surface area contributed by atoms with Crippen LogP contribution in [0.4, 0.5) is 5.95 Å². The van der Waals surface area contributed by atoms with Crippen molar-refractivity contribution in [1.82, 2.24) is 15.0 Å². The molecule has 2 aromatic rings. The van der Waals surface area contributed by atoms with E-state index >= 15 is 0 Å². The maximum atomic E-state index is 5.78. The summed E-state index contributed by atoms with van der Waals surface area (Å²) in [6.45, 7) is 2.83. The van der Waals surface area contributed by atoms with E-state index < -0.39 is 0 Å². The van der Waals surface area contributed by atoms with Crippen molar-refractivity contribution in [2.45, 2.75) is 12.8 Å². The van der Waals surface area contributed by atoms with Gasteiger partial charge in [-0.05, 0) is 23.1 Å². The Labute approximate surface area is 117 Å². The van der Waals surface area contributed by atoms with Gasteiger partial charge in [0.1, 0.15) is 0 Å². The second-order valence-corrected chi connectivity index (χ2v) is 4.45. The number of hydrogen-bond acceptors (Lipinski definition) is 5. The maximum absolute atomic E-state index is 5.78. The van der Waals surface area contributed by atoms with Gasteiger partial charge in [0.25, 0.3) is 0 Å². The minimum atomic E-state index is 0.113. The molecule has 0 bridgehead atoms. The van der Waals surface area contributed by atoms with E-state index in [0.29, 0.717) is 18.4 Å². The zero-order valence-corrected chi connectivity index (χ0v) is 11.6. The molecule has 1 atom stereocenters. The molecule has 1 heterocycles. The third kappa shape index (κ3) is 3.79. The van der Waals surface area contributed by atoms with Crippen LogP contribution in [-0.2, 0) is 0 Å². The molecule has 0 spiro atoms. The van der Waals surface area contributed by atoms with E-state index in [4.69, 9.17) is 16.3 Å². The summed E-state index contributed by atoms with van der Waals surface area (Å²) >= 11 is 5.78. The molecule has 0 saturated heterocycles. The molecule has 1 unspecified atom stereocenters. The van der Waals surface area contributed by atoms with Gasteiger partial charge in [0.15, 0.2) is 0 Å². The van der Waals surface area contributed by atoms with E-state index in [1.165, 1.54) is 12.7 Å². The normalized spacial score (nSPS) is 11.9. The second kappa shape index (κ2) is 6.33. The number of nitrogens with zero attached hydrogens (tertiary/aromatic N) is 3. The fourth-order valence-electron chi connectivity index (χ4n) is 1.65. The molecule has 1 aromatic heterocycles. The summed E-state index contributed by atoms with van der Waals surface area (Å²) in [7, 11) is 1.49. The van der Waals surface area contributed by atoms with Crippen LogP contribution in [0.25, 0.3) is 0 Å². The fourth-order valence-corrected chi connectivity index (χ4v) is 1.80. The van der Waals surface area contributed by atoms with Gasteiger partial charge >= 0.3 is 6.01 Å². The molecule has 1 aromatic carbocycles. The highest BCUT2D eigenvalue weighted by atomic mass is 35.5. The first kappa shape index (κ1) is 13.5. The average Bonchev–Trinajstić information content (AvgIpc) is 2.45. The van der Waals surface area contributed by atoms with Gasteiger partial charge in [-0.25, -0.2) is 0 Å². The molecule has 0 aliphatic carbocycles. The number of halogens is 1. The van der Waals surface area contributed by atoms with Crippen LogP contribution >= 0.6 is 11.6 Å². The van der Waals surface area contributed by atoms with E-state index in [-0.39, 0.29) is 11.3 Å². The third-order valence-electron chi connectivity index (χ3n) is 2.71. The van der Waals surface area contributed by atoms with Crippen molar-refractivity contribution in [2.75, 3.05) is 19.0 Å². The van der Waals surface area contributed by atoms with E-state index in [2.05, 4.69) is 39.3 Å². The Morgan fingerprint density at radius 2 is 1.95 bits per heavy atom. The molecule has 100 valence electrons. The van der Waals surface area contributed by atoms with Crippen molar-refractivity contribution in [3.63, 3.8) is 0 Å². The topological polar surface area (TPSA) is 59.9 Å². The average molecular weight is 279 g/mol. The van der Waals surface area contributed by atoms with Gasteiger partial charge in [0.05, 0.1) is 7.11 Å². The summed E-state index contributed by atoms with van der Waals surface area (Å²) in [5.74, 6) is 0.752. The monoisotopic (exact) mass is 278 g/mol. The molecular formula is C13H15ClN4O. The van der Waals surface area contributed by atoms with Crippen LogP contribution < -0.4 is 10.1 Å². The predicted molar refractivity (Wildman–Crippen MR) is 74.7 cm³/mol. The third-order valence-corrected chi connectivity index (χ3v) is 2.87. The van der Waals surface area contributed by atoms with Gasteiger partial charge in [-0.15, -0.1) is 0 Å². The maximum Gasteiger partial charge on any atom is 0.322 e. The van der Waals surface area contributed by atoms with E-state index in [1.54, 1.807) is 0 Å². The molecule has 2 rings (SSSR count). The quantitative estimate of drug-likeness (QED) is 0.911. The highest BCUT2D eigenvalue weighted by Crippen LogP contribution is 2.16. The number of anilines is 1. The number of methoxy groups -OCH3 is 1. The van der Waals surface area contributed by atoms with Gasteiger partial charge in [-0.2, -0.15) is 15.0 Å². The highest BCUT2D eigenvalue weighted by Gasteiger charge is 2.08. The van der Waals surface area contributed by atoms with Crippen molar-refractivity contribution in [3.8, 4) is 6.01 Å². The van der Waals surface area contributed by atoms with Gasteiger partial charge < -0.3 is 10.1 Å². The lowest BCUT2D eigenvalue weighted by molar-refractivity contribution is 0.379. The summed E-state index contributed by atoms with van der Waals surface area (Å²) in [6, 6.07) is 10.4. The zero-order valence-electron chi connectivity index (χ0n) is 10.8. The van der Waals surface area contributed by atoms with Crippen molar-refractivity contribution in [3.05, 3.63) is 41.2 Å². The number of benzene rings is 1. The Hall–Kier alpha value is -1.88. The number of ether oxygens (including phenoxy) is 1. The highest BCUT2D eigenvalue weighted by molar-refractivity contribution is 6.28. The van der Waals surface area contributed by atoms with Gasteiger partial charge in [0, 0.05) is 6.54 Å². The minimum Gasteiger partial charge on any atom is -0.467 e. The Morgan fingerprint density at radius 3 is 2.63 bits per heavy atom. The van der Waals surface area contributed by atoms with Gasteiger partial charge in [-0.3, -0.25) is 0 Å². The van der Waals surface area contributed by atoms with Crippen molar-refractivity contribution in [1.29, 1.82) is 0 Å². The molecule has 5 nitrogen and oxygen atoms in total. The number of hydrogen-bond donors (Lipinski definition) is 1. The summed E-state index contributed by atoms with van der Waals surface area (Å²) in [4.78, 5) is 11.9. The molecule has 0 radical (unpaired) electrons. The summed E-state index contributed by atoms with van der Waals surface area (Å²) in [5, 5.41) is 3.24. The number of nitrogens with one attached hydrogen (secondary N) is 1. The zero-order chi connectivity index (χ0) is 13.7. The molecular weight excluding hydrogens is 264 g/mol. The lowest BCUT2D eigenvalue weighted by atomic mass is 10.0. The van der Waals surface area contributed by atoms with Gasteiger partial charge in [0.2, 0.25) is 11.2 Å². The van der Waals surface area contributed by atoms with E-state index in [9.17, 15) is 0 Å². The first-order valence-electron chi connectivity index (χ1n) is 5.93. The van der Waals surface area contributed by atoms with Crippen LogP contribution in [0.2, 0.25) is 5.28 Å². The predicted octanol–water partition coefficient (Wildman–Crippen LogP) is 2.75. The standard InChI is InChI=1S/C13H15ClN4O/c1-9(10-6-4-3-5-7-10)8-15-12-16-11(14)17-13(18-12)19-2/h3-7,9H,8H2,1-2H3,(H,15,16,17,18). The molecule has 0 amide bonds. The molecule has 0 aliphatic rings. The van der Waals surface area contributed by atoms with Crippen molar-refractivity contribution >= 4 is 17.5 Å². The minimum absolute atomic E-state index is 0.113. The molecule has 6 heteroatoms. The Bertz CT molecular complexity index is 535. The second-order valence-electron chi connectivity index (χ2n) is 4.11. The van der Waals surface area contributed by atoms with Crippen LogP contribution in [-0.4, -0.2) is 28.6 Å². The van der Waals surface area contributed by atoms with Crippen molar-refractivity contribution < 1.29 is 4.74 Å². The van der Waals surface area contributed by atoms with Crippen LogP contribution in [0.3, 0.4) is 0 Å². The molecule has 1 N–H and O–H groups in total. The van der Waals surface area contributed by atoms with Crippen molar-refractivity contribution in [2.24, 2.45) is 0 Å². The SMILES string of the molecule is COc1nc(Cl)nc(NCC(C)c2ccccc2)n1. The first-order valence-corrected chi connectivity index (χ1v) is 6.31. The Kier molecular flexibility index (Phi) is 4.52.